The van der Waals surface area contributed by atoms with Crippen molar-refractivity contribution in [1.29, 1.82) is 0 Å². The molecule has 0 atom stereocenters. The van der Waals surface area contributed by atoms with Crippen molar-refractivity contribution in [2.75, 3.05) is 11.9 Å². The standard InChI is InChI=1S/C13H16N2/c1-3-7-14-13-6-8-15-12-5-4-10(2)9-11(12)13/h4-6,8-9H,3,7H2,1-2H3,(H,14,15). The van der Waals surface area contributed by atoms with E-state index in [1.165, 1.54) is 16.6 Å². The molecular weight excluding hydrogens is 184 g/mol. The van der Waals surface area contributed by atoms with Crippen molar-refractivity contribution >= 4 is 16.6 Å². The predicted molar refractivity (Wildman–Crippen MR) is 65.3 cm³/mol. The van der Waals surface area contributed by atoms with Crippen LogP contribution in [0.2, 0.25) is 0 Å². The normalized spacial score (nSPS) is 10.5. The number of hydrogen-bond donors (Lipinski definition) is 1. The van der Waals surface area contributed by atoms with E-state index in [0.29, 0.717) is 0 Å². The molecule has 0 bridgehead atoms. The van der Waals surface area contributed by atoms with Gasteiger partial charge in [0, 0.05) is 23.8 Å². The first-order valence-corrected chi connectivity index (χ1v) is 5.40. The summed E-state index contributed by atoms with van der Waals surface area (Å²) in [7, 11) is 0. The number of hydrogen-bond acceptors (Lipinski definition) is 2. The van der Waals surface area contributed by atoms with Gasteiger partial charge in [-0.2, -0.15) is 0 Å². The fourth-order valence-electron chi connectivity index (χ4n) is 1.67. The van der Waals surface area contributed by atoms with Crippen molar-refractivity contribution in [3.8, 4) is 0 Å². The van der Waals surface area contributed by atoms with E-state index in [9.17, 15) is 0 Å². The zero-order chi connectivity index (χ0) is 10.7. The lowest BCUT2D eigenvalue weighted by Gasteiger charge is -2.08. The second-order valence-corrected chi connectivity index (χ2v) is 3.81. The van der Waals surface area contributed by atoms with Gasteiger partial charge in [-0.1, -0.05) is 18.6 Å². The lowest BCUT2D eigenvalue weighted by atomic mass is 10.1. The van der Waals surface area contributed by atoms with E-state index >= 15 is 0 Å². The second kappa shape index (κ2) is 4.30. The predicted octanol–water partition coefficient (Wildman–Crippen LogP) is 3.37. The molecule has 0 saturated heterocycles. The van der Waals surface area contributed by atoms with Gasteiger partial charge in [-0.05, 0) is 31.5 Å². The highest BCUT2D eigenvalue weighted by Crippen LogP contribution is 2.22. The Morgan fingerprint density at radius 1 is 1.27 bits per heavy atom. The Labute approximate surface area is 90.3 Å². The molecular formula is C13H16N2. The van der Waals surface area contributed by atoms with E-state index in [2.05, 4.69) is 42.3 Å². The van der Waals surface area contributed by atoms with Crippen LogP contribution < -0.4 is 5.32 Å². The minimum atomic E-state index is 1.01. The molecule has 0 aliphatic heterocycles. The average Bonchev–Trinajstić information content (AvgIpc) is 2.26. The fourth-order valence-corrected chi connectivity index (χ4v) is 1.67. The molecule has 1 N–H and O–H groups in total. The number of nitrogens with zero attached hydrogens (tertiary/aromatic N) is 1. The molecule has 2 rings (SSSR count). The quantitative estimate of drug-likeness (QED) is 0.821. The van der Waals surface area contributed by atoms with Crippen LogP contribution in [-0.2, 0) is 0 Å². The van der Waals surface area contributed by atoms with Crippen molar-refractivity contribution in [2.45, 2.75) is 20.3 Å². The first-order chi connectivity index (χ1) is 7.31. The second-order valence-electron chi connectivity index (χ2n) is 3.81. The Morgan fingerprint density at radius 2 is 2.13 bits per heavy atom. The minimum absolute atomic E-state index is 1.01. The average molecular weight is 200 g/mol. The topological polar surface area (TPSA) is 24.9 Å². The summed E-state index contributed by atoms with van der Waals surface area (Å²) in [6, 6.07) is 8.39. The van der Waals surface area contributed by atoms with Gasteiger partial charge in [-0.3, -0.25) is 4.98 Å². The Morgan fingerprint density at radius 3 is 2.93 bits per heavy atom. The van der Waals surface area contributed by atoms with Gasteiger partial charge in [0.2, 0.25) is 0 Å². The molecule has 15 heavy (non-hydrogen) atoms. The molecule has 0 radical (unpaired) electrons. The summed E-state index contributed by atoms with van der Waals surface area (Å²) in [5, 5.41) is 4.64. The number of fused-ring (bicyclic) bond motifs is 1. The van der Waals surface area contributed by atoms with Crippen LogP contribution in [0.25, 0.3) is 10.9 Å². The van der Waals surface area contributed by atoms with E-state index in [-0.39, 0.29) is 0 Å². The zero-order valence-electron chi connectivity index (χ0n) is 9.25. The first kappa shape index (κ1) is 9.97. The minimum Gasteiger partial charge on any atom is -0.384 e. The highest BCUT2D eigenvalue weighted by Gasteiger charge is 2.00. The van der Waals surface area contributed by atoms with E-state index < -0.39 is 0 Å². The van der Waals surface area contributed by atoms with Crippen LogP contribution in [0.1, 0.15) is 18.9 Å². The number of benzene rings is 1. The Kier molecular flexibility index (Phi) is 2.86. The summed E-state index contributed by atoms with van der Waals surface area (Å²) in [6.07, 6.45) is 2.99. The Bertz CT molecular complexity index is 463. The van der Waals surface area contributed by atoms with E-state index in [0.717, 1.165) is 18.5 Å². The molecule has 1 aromatic heterocycles. The van der Waals surface area contributed by atoms with Crippen molar-refractivity contribution in [2.24, 2.45) is 0 Å². The largest absolute Gasteiger partial charge is 0.384 e. The summed E-state index contributed by atoms with van der Waals surface area (Å²) in [4.78, 5) is 4.35. The molecule has 0 aliphatic rings. The molecule has 1 heterocycles. The van der Waals surface area contributed by atoms with E-state index in [1.807, 2.05) is 12.3 Å². The summed E-state index contributed by atoms with van der Waals surface area (Å²) in [6.45, 7) is 5.28. The molecule has 78 valence electrons. The summed E-state index contributed by atoms with van der Waals surface area (Å²) in [5.41, 5.74) is 3.52. The zero-order valence-corrected chi connectivity index (χ0v) is 9.25. The van der Waals surface area contributed by atoms with Gasteiger partial charge in [0.25, 0.3) is 0 Å². The van der Waals surface area contributed by atoms with Crippen LogP contribution in [0.15, 0.2) is 30.5 Å². The summed E-state index contributed by atoms with van der Waals surface area (Å²) >= 11 is 0. The lowest BCUT2D eigenvalue weighted by molar-refractivity contribution is 0.981. The van der Waals surface area contributed by atoms with E-state index in [4.69, 9.17) is 0 Å². The van der Waals surface area contributed by atoms with Gasteiger partial charge in [0.15, 0.2) is 0 Å². The van der Waals surface area contributed by atoms with Gasteiger partial charge in [0.05, 0.1) is 5.52 Å². The van der Waals surface area contributed by atoms with Gasteiger partial charge < -0.3 is 5.32 Å². The third-order valence-corrected chi connectivity index (χ3v) is 2.46. The van der Waals surface area contributed by atoms with Crippen molar-refractivity contribution < 1.29 is 0 Å². The van der Waals surface area contributed by atoms with Crippen molar-refractivity contribution in [3.05, 3.63) is 36.0 Å². The number of aryl methyl sites for hydroxylation is 1. The molecule has 0 aliphatic carbocycles. The van der Waals surface area contributed by atoms with Gasteiger partial charge in [-0.15, -0.1) is 0 Å². The van der Waals surface area contributed by atoms with Crippen LogP contribution in [-0.4, -0.2) is 11.5 Å². The summed E-state index contributed by atoms with van der Waals surface area (Å²) < 4.78 is 0. The molecule has 0 saturated carbocycles. The number of anilines is 1. The Balaban J connectivity index is 2.48. The number of aromatic nitrogens is 1. The van der Waals surface area contributed by atoms with Crippen molar-refractivity contribution in [1.82, 2.24) is 4.98 Å². The lowest BCUT2D eigenvalue weighted by Crippen LogP contribution is -2.00. The SMILES string of the molecule is CCCNc1ccnc2ccc(C)cc12. The maximum Gasteiger partial charge on any atom is 0.0722 e. The smallest absolute Gasteiger partial charge is 0.0722 e. The van der Waals surface area contributed by atoms with Crippen LogP contribution in [0.4, 0.5) is 5.69 Å². The maximum atomic E-state index is 4.35. The first-order valence-electron chi connectivity index (χ1n) is 5.40. The van der Waals surface area contributed by atoms with Crippen LogP contribution in [0.5, 0.6) is 0 Å². The maximum absolute atomic E-state index is 4.35. The van der Waals surface area contributed by atoms with Crippen LogP contribution in [0, 0.1) is 6.92 Å². The highest BCUT2D eigenvalue weighted by molar-refractivity contribution is 5.91. The van der Waals surface area contributed by atoms with Crippen LogP contribution in [0.3, 0.4) is 0 Å². The molecule has 0 fully saturated rings. The van der Waals surface area contributed by atoms with Gasteiger partial charge in [0.1, 0.15) is 0 Å². The third-order valence-electron chi connectivity index (χ3n) is 2.46. The molecule has 0 unspecified atom stereocenters. The number of pyridine rings is 1. The van der Waals surface area contributed by atoms with Gasteiger partial charge in [-0.25, -0.2) is 0 Å². The third kappa shape index (κ3) is 2.09. The molecule has 2 nitrogen and oxygen atoms in total. The van der Waals surface area contributed by atoms with Gasteiger partial charge >= 0.3 is 0 Å². The molecule has 2 heteroatoms. The van der Waals surface area contributed by atoms with Crippen LogP contribution >= 0.6 is 0 Å². The summed E-state index contributed by atoms with van der Waals surface area (Å²) in [5.74, 6) is 0. The number of rotatable bonds is 3. The van der Waals surface area contributed by atoms with E-state index in [1.54, 1.807) is 0 Å². The Hall–Kier alpha value is -1.57. The number of nitrogens with one attached hydrogen (secondary N) is 1. The molecule has 2 aromatic rings. The highest BCUT2D eigenvalue weighted by atomic mass is 14.9. The molecule has 0 spiro atoms. The molecule has 1 aromatic carbocycles. The van der Waals surface area contributed by atoms with Crippen molar-refractivity contribution in [3.63, 3.8) is 0 Å². The monoisotopic (exact) mass is 200 g/mol. The molecule has 0 amide bonds. The fraction of sp³-hybridized carbons (Fsp3) is 0.308.